The van der Waals surface area contributed by atoms with Gasteiger partial charge in [-0.25, -0.2) is 9.59 Å². The smallest absolute Gasteiger partial charge is 0.333 e. The van der Waals surface area contributed by atoms with Crippen LogP contribution in [0.15, 0.2) is 49.6 Å². The molecule has 0 saturated heterocycles. The summed E-state index contributed by atoms with van der Waals surface area (Å²) in [6, 6.07) is 0. The zero-order valence-electron chi connectivity index (χ0n) is 21.1. The van der Waals surface area contributed by atoms with E-state index in [0.717, 1.165) is 6.08 Å². The molecule has 0 aromatic rings. The molecule has 0 aromatic heterocycles. The highest BCUT2D eigenvalue weighted by molar-refractivity contribution is 5.91. The van der Waals surface area contributed by atoms with Gasteiger partial charge in [0.15, 0.2) is 11.6 Å². The lowest BCUT2D eigenvalue weighted by Crippen LogP contribution is -2.25. The Morgan fingerprint density at radius 3 is 1.26 bits per heavy atom. The predicted molar refractivity (Wildman–Crippen MR) is 131 cm³/mol. The summed E-state index contributed by atoms with van der Waals surface area (Å²) in [6.07, 6.45) is 2.35. The SMILES string of the molecule is C=C(C)C(=O)OCCNC(C)=O.C=C(C)C(C)=O.C=CC(=O)OCCNC(C)=O.C=CC(C)=O. The molecule has 0 fully saturated rings. The second-order valence-electron chi connectivity index (χ2n) is 6.41. The van der Waals surface area contributed by atoms with Gasteiger partial charge in [0.25, 0.3) is 0 Å². The third-order valence-electron chi connectivity index (χ3n) is 2.83. The molecule has 0 saturated carbocycles. The van der Waals surface area contributed by atoms with Gasteiger partial charge >= 0.3 is 11.9 Å². The van der Waals surface area contributed by atoms with Crippen LogP contribution in [-0.2, 0) is 38.2 Å². The molecule has 0 rings (SSSR count). The summed E-state index contributed by atoms with van der Waals surface area (Å²) in [5, 5.41) is 4.97. The molecule has 0 aliphatic rings. The summed E-state index contributed by atoms with van der Waals surface area (Å²) in [4.78, 5) is 61.5. The number of hydrogen-bond acceptors (Lipinski definition) is 8. The first-order valence-corrected chi connectivity index (χ1v) is 10.0. The molecule has 0 aliphatic carbocycles. The van der Waals surface area contributed by atoms with Crippen molar-refractivity contribution in [3.63, 3.8) is 0 Å². The van der Waals surface area contributed by atoms with E-state index in [-0.39, 0.29) is 36.6 Å². The van der Waals surface area contributed by atoms with Crippen LogP contribution in [-0.4, -0.2) is 61.6 Å². The van der Waals surface area contributed by atoms with Gasteiger partial charge in [-0.1, -0.05) is 26.3 Å². The van der Waals surface area contributed by atoms with Gasteiger partial charge < -0.3 is 20.1 Å². The Labute approximate surface area is 202 Å². The summed E-state index contributed by atoms with van der Waals surface area (Å²) in [5.41, 5.74) is 0.979. The zero-order valence-corrected chi connectivity index (χ0v) is 21.1. The fourth-order valence-corrected chi connectivity index (χ4v) is 0.932. The second kappa shape index (κ2) is 25.4. The van der Waals surface area contributed by atoms with E-state index < -0.39 is 11.9 Å². The van der Waals surface area contributed by atoms with Crippen LogP contribution in [0, 0.1) is 0 Å². The van der Waals surface area contributed by atoms with E-state index >= 15 is 0 Å². The number of rotatable bonds is 10. The molecule has 10 nitrogen and oxygen atoms in total. The number of hydrogen-bond donors (Lipinski definition) is 2. The predicted octanol–water partition coefficient (Wildman–Crippen LogP) is 2.01. The molecule has 0 heterocycles. The molecule has 0 atom stereocenters. The zero-order chi connectivity index (χ0) is 27.7. The summed E-state index contributed by atoms with van der Waals surface area (Å²) in [6.45, 7) is 23.3. The number of ether oxygens (including phenoxy) is 2. The fraction of sp³-hybridized carbons (Fsp3) is 0.417. The number of Topliss-reactive ketones (excluding diaryl/α,β-unsaturated/α-hetero) is 1. The van der Waals surface area contributed by atoms with Crippen molar-refractivity contribution in [1.82, 2.24) is 10.6 Å². The van der Waals surface area contributed by atoms with Gasteiger partial charge in [0.1, 0.15) is 13.2 Å². The van der Waals surface area contributed by atoms with Crippen LogP contribution in [0.1, 0.15) is 41.5 Å². The average molecular weight is 483 g/mol. The van der Waals surface area contributed by atoms with Crippen molar-refractivity contribution in [3.05, 3.63) is 49.6 Å². The first kappa shape index (κ1) is 37.5. The number of nitrogens with one attached hydrogen (secondary N) is 2. The van der Waals surface area contributed by atoms with E-state index in [9.17, 15) is 28.8 Å². The molecule has 10 heteroatoms. The maximum atomic E-state index is 10.8. The quantitative estimate of drug-likeness (QED) is 0.273. The number of esters is 2. The Morgan fingerprint density at radius 1 is 0.676 bits per heavy atom. The number of carbonyl (C=O) groups is 6. The lowest BCUT2D eigenvalue weighted by Gasteiger charge is -2.03. The second-order valence-corrected chi connectivity index (χ2v) is 6.41. The highest BCUT2D eigenvalue weighted by atomic mass is 16.5. The molecule has 192 valence electrons. The maximum absolute atomic E-state index is 10.8. The van der Waals surface area contributed by atoms with Gasteiger partial charge in [0.2, 0.25) is 11.8 Å². The first-order chi connectivity index (χ1) is 15.6. The Balaban J connectivity index is -0.000000188. The molecule has 0 aromatic carbocycles. The normalized spacial score (nSPS) is 8.18. The van der Waals surface area contributed by atoms with Crippen LogP contribution in [0.25, 0.3) is 0 Å². The molecule has 34 heavy (non-hydrogen) atoms. The van der Waals surface area contributed by atoms with Gasteiger partial charge in [-0.05, 0) is 39.3 Å². The van der Waals surface area contributed by atoms with Crippen molar-refractivity contribution in [3.8, 4) is 0 Å². The minimum absolute atomic E-state index is 0.0185. The summed E-state index contributed by atoms with van der Waals surface area (Å²) < 4.78 is 9.27. The standard InChI is InChI=1S/C8H13NO3.C7H11NO3.C5H8O.C4H6O/c1-6(2)8(11)12-5-4-9-7(3)10;1-3-7(10)11-5-4-8-6(2)9;1-4(2)5(3)6;1-3-4(2)5/h1,4-5H2,2-3H3,(H,9,10);3H,1,4-5H2,2H3,(H,8,9);1H2,2-3H3;3H,1H2,2H3. The van der Waals surface area contributed by atoms with Crippen molar-refractivity contribution in [2.75, 3.05) is 26.3 Å². The highest BCUT2D eigenvalue weighted by Gasteiger charge is 2.01. The molecular formula is C24H38N2O8. The highest BCUT2D eigenvalue weighted by Crippen LogP contribution is 1.90. The molecular weight excluding hydrogens is 444 g/mol. The molecule has 0 radical (unpaired) electrons. The van der Waals surface area contributed by atoms with Crippen LogP contribution < -0.4 is 10.6 Å². The van der Waals surface area contributed by atoms with Crippen LogP contribution in [0.4, 0.5) is 0 Å². The Bertz CT molecular complexity index is 727. The molecule has 0 unspecified atom stereocenters. The van der Waals surface area contributed by atoms with Gasteiger partial charge in [-0.2, -0.15) is 0 Å². The van der Waals surface area contributed by atoms with Crippen molar-refractivity contribution >= 4 is 35.3 Å². The number of ketones is 2. The van der Waals surface area contributed by atoms with Crippen molar-refractivity contribution in [1.29, 1.82) is 0 Å². The molecule has 2 N–H and O–H groups in total. The van der Waals surface area contributed by atoms with Crippen LogP contribution in [0.5, 0.6) is 0 Å². The van der Waals surface area contributed by atoms with Crippen molar-refractivity contribution in [2.45, 2.75) is 41.5 Å². The lowest BCUT2D eigenvalue weighted by atomic mass is 10.3. The van der Waals surface area contributed by atoms with Crippen LogP contribution >= 0.6 is 0 Å². The maximum Gasteiger partial charge on any atom is 0.333 e. The molecule has 2 amide bonds. The van der Waals surface area contributed by atoms with E-state index in [1.807, 2.05) is 0 Å². The van der Waals surface area contributed by atoms with E-state index in [1.165, 1.54) is 33.8 Å². The number of amides is 2. The summed E-state index contributed by atoms with van der Waals surface area (Å²) in [7, 11) is 0. The number of carbonyl (C=O) groups excluding carboxylic acids is 6. The van der Waals surface area contributed by atoms with E-state index in [0.29, 0.717) is 24.2 Å². The average Bonchev–Trinajstić information content (AvgIpc) is 2.74. The Kier molecular flexibility index (Phi) is 28.1. The van der Waals surface area contributed by atoms with E-state index in [2.05, 4.69) is 41.7 Å². The van der Waals surface area contributed by atoms with E-state index in [1.54, 1.807) is 13.8 Å². The van der Waals surface area contributed by atoms with Crippen molar-refractivity contribution < 1.29 is 38.2 Å². The Hall–Kier alpha value is -3.82. The Morgan fingerprint density at radius 2 is 1.03 bits per heavy atom. The topological polar surface area (TPSA) is 145 Å². The van der Waals surface area contributed by atoms with Gasteiger partial charge in [-0.3, -0.25) is 19.2 Å². The molecule has 0 bridgehead atoms. The lowest BCUT2D eigenvalue weighted by molar-refractivity contribution is -0.139. The molecule has 0 spiro atoms. The van der Waals surface area contributed by atoms with E-state index in [4.69, 9.17) is 4.74 Å². The van der Waals surface area contributed by atoms with Gasteiger partial charge in [0, 0.05) is 25.5 Å². The molecule has 0 aliphatic heterocycles. The van der Waals surface area contributed by atoms with Crippen LogP contribution in [0.3, 0.4) is 0 Å². The number of allylic oxidation sites excluding steroid dienone is 2. The largest absolute Gasteiger partial charge is 0.461 e. The fourth-order valence-electron chi connectivity index (χ4n) is 0.932. The monoisotopic (exact) mass is 482 g/mol. The minimum atomic E-state index is -0.477. The third-order valence-corrected chi connectivity index (χ3v) is 2.83. The first-order valence-electron chi connectivity index (χ1n) is 10.0. The van der Waals surface area contributed by atoms with Gasteiger partial charge in [0.05, 0.1) is 13.1 Å². The summed E-state index contributed by atoms with van der Waals surface area (Å²) >= 11 is 0. The van der Waals surface area contributed by atoms with Gasteiger partial charge in [-0.15, -0.1) is 0 Å². The van der Waals surface area contributed by atoms with Crippen molar-refractivity contribution in [2.24, 2.45) is 0 Å². The van der Waals surface area contributed by atoms with Crippen LogP contribution in [0.2, 0.25) is 0 Å². The summed E-state index contributed by atoms with van der Waals surface area (Å²) in [5.74, 6) is -1.10. The minimum Gasteiger partial charge on any atom is -0.461 e. The third kappa shape index (κ3) is 42.3.